The minimum absolute atomic E-state index is 0.113. The Hall–Kier alpha value is -1.34. The second-order valence-corrected chi connectivity index (χ2v) is 5.00. The van der Waals surface area contributed by atoms with E-state index >= 15 is 0 Å². The number of nitrogens with zero attached hydrogens (tertiary/aromatic N) is 1. The molecule has 2 N–H and O–H groups in total. The Morgan fingerprint density at radius 2 is 1.94 bits per heavy atom. The van der Waals surface area contributed by atoms with E-state index in [1.807, 2.05) is 0 Å². The maximum Gasteiger partial charge on any atom is 0.300 e. The van der Waals surface area contributed by atoms with Crippen molar-refractivity contribution in [2.75, 3.05) is 0 Å². The van der Waals surface area contributed by atoms with E-state index < -0.39 is 26.5 Å². The quantitative estimate of drug-likeness (QED) is 0.780. The van der Waals surface area contributed by atoms with Gasteiger partial charge in [-0.05, 0) is 18.4 Å². The lowest BCUT2D eigenvalue weighted by Crippen LogP contribution is -2.23. The van der Waals surface area contributed by atoms with Gasteiger partial charge in [0.25, 0.3) is 15.7 Å². The maximum absolute atomic E-state index is 11.6. The van der Waals surface area contributed by atoms with Gasteiger partial charge in [-0.2, -0.15) is 8.42 Å². The standard InChI is InChI=1S/C10H15NO5S/c1-3-5-11-8(12)6-7(4-2)9(10(11)13)17(14,15)16/h6,13H,3-5H2,1-2H3,(H,14,15,16). The molecule has 0 fully saturated rings. The van der Waals surface area contributed by atoms with Crippen LogP contribution in [0.2, 0.25) is 0 Å². The molecule has 0 aliphatic heterocycles. The van der Waals surface area contributed by atoms with Crippen LogP contribution in [0.1, 0.15) is 25.8 Å². The Labute approximate surface area is 99.3 Å². The fourth-order valence-electron chi connectivity index (χ4n) is 1.65. The number of hydrogen-bond donors (Lipinski definition) is 2. The van der Waals surface area contributed by atoms with Crippen molar-refractivity contribution in [1.82, 2.24) is 4.57 Å². The fourth-order valence-corrected chi connectivity index (χ4v) is 2.52. The van der Waals surface area contributed by atoms with E-state index in [2.05, 4.69) is 0 Å². The highest BCUT2D eigenvalue weighted by molar-refractivity contribution is 7.86. The van der Waals surface area contributed by atoms with E-state index in [1.54, 1.807) is 13.8 Å². The molecule has 0 aromatic carbocycles. The molecule has 0 saturated heterocycles. The van der Waals surface area contributed by atoms with Gasteiger partial charge in [0.2, 0.25) is 5.88 Å². The van der Waals surface area contributed by atoms with Gasteiger partial charge in [-0.15, -0.1) is 0 Å². The van der Waals surface area contributed by atoms with Crippen LogP contribution in [0.4, 0.5) is 0 Å². The molecule has 7 heteroatoms. The summed E-state index contributed by atoms with van der Waals surface area (Å²) in [5.74, 6) is -0.696. The van der Waals surface area contributed by atoms with Crippen molar-refractivity contribution < 1.29 is 18.1 Å². The number of aryl methyl sites for hydroxylation is 1. The van der Waals surface area contributed by atoms with Crippen molar-refractivity contribution in [3.63, 3.8) is 0 Å². The third kappa shape index (κ3) is 2.67. The number of hydrogen-bond acceptors (Lipinski definition) is 4. The Morgan fingerprint density at radius 3 is 2.35 bits per heavy atom. The first-order chi connectivity index (χ1) is 7.82. The molecule has 96 valence electrons. The molecule has 6 nitrogen and oxygen atoms in total. The number of aromatic hydroxyl groups is 1. The predicted molar refractivity (Wildman–Crippen MR) is 61.9 cm³/mol. The molecular formula is C10H15NO5S. The van der Waals surface area contributed by atoms with Crippen molar-refractivity contribution in [3.8, 4) is 5.88 Å². The smallest absolute Gasteiger partial charge is 0.300 e. The summed E-state index contributed by atoms with van der Waals surface area (Å²) >= 11 is 0. The van der Waals surface area contributed by atoms with E-state index in [-0.39, 0.29) is 18.5 Å². The second-order valence-electron chi connectivity index (χ2n) is 3.64. The second kappa shape index (κ2) is 4.89. The first-order valence-electron chi connectivity index (χ1n) is 5.26. The Morgan fingerprint density at radius 1 is 1.35 bits per heavy atom. The van der Waals surface area contributed by atoms with Crippen LogP contribution < -0.4 is 5.56 Å². The summed E-state index contributed by atoms with van der Waals surface area (Å²) in [4.78, 5) is 11.0. The molecule has 0 atom stereocenters. The van der Waals surface area contributed by atoms with E-state index in [9.17, 15) is 18.3 Å². The lowest BCUT2D eigenvalue weighted by atomic mass is 10.2. The average molecular weight is 261 g/mol. The lowest BCUT2D eigenvalue weighted by molar-refractivity contribution is 0.381. The molecule has 0 spiro atoms. The molecule has 1 aromatic rings. The van der Waals surface area contributed by atoms with Crippen LogP contribution in [0, 0.1) is 0 Å². The first kappa shape index (κ1) is 13.7. The van der Waals surface area contributed by atoms with Gasteiger partial charge in [-0.1, -0.05) is 13.8 Å². The zero-order valence-corrected chi connectivity index (χ0v) is 10.5. The average Bonchev–Trinajstić information content (AvgIpc) is 2.21. The largest absolute Gasteiger partial charge is 0.493 e. The lowest BCUT2D eigenvalue weighted by Gasteiger charge is -2.12. The van der Waals surface area contributed by atoms with Crippen LogP contribution in [-0.2, 0) is 23.1 Å². The third-order valence-corrected chi connectivity index (χ3v) is 3.36. The van der Waals surface area contributed by atoms with E-state index in [4.69, 9.17) is 4.55 Å². The highest BCUT2D eigenvalue weighted by atomic mass is 32.2. The van der Waals surface area contributed by atoms with Crippen LogP contribution in [0.15, 0.2) is 15.8 Å². The molecule has 0 bridgehead atoms. The molecule has 17 heavy (non-hydrogen) atoms. The van der Waals surface area contributed by atoms with E-state index in [0.717, 1.165) is 10.6 Å². The van der Waals surface area contributed by atoms with Gasteiger partial charge in [0.15, 0.2) is 4.90 Å². The summed E-state index contributed by atoms with van der Waals surface area (Å²) in [5, 5.41) is 9.77. The predicted octanol–water partition coefficient (Wildman–Crippen LogP) is 0.773. The van der Waals surface area contributed by atoms with Crippen LogP contribution in [0.25, 0.3) is 0 Å². The highest BCUT2D eigenvalue weighted by Gasteiger charge is 2.23. The minimum Gasteiger partial charge on any atom is -0.493 e. The van der Waals surface area contributed by atoms with Gasteiger partial charge < -0.3 is 5.11 Å². The Balaban J connectivity index is 3.68. The first-order valence-corrected chi connectivity index (χ1v) is 6.70. The molecule has 0 amide bonds. The molecule has 0 radical (unpaired) electrons. The van der Waals surface area contributed by atoms with E-state index in [0.29, 0.717) is 6.42 Å². The molecule has 0 unspecified atom stereocenters. The monoisotopic (exact) mass is 261 g/mol. The topological polar surface area (TPSA) is 96.6 Å². The Bertz CT molecular complexity index is 573. The van der Waals surface area contributed by atoms with Gasteiger partial charge in [-0.3, -0.25) is 13.9 Å². The third-order valence-electron chi connectivity index (χ3n) is 2.40. The summed E-state index contributed by atoms with van der Waals surface area (Å²) in [6, 6.07) is 1.12. The maximum atomic E-state index is 11.6. The molecule has 1 rings (SSSR count). The normalized spacial score (nSPS) is 11.7. The van der Waals surface area contributed by atoms with Gasteiger partial charge in [0, 0.05) is 12.6 Å². The molecule has 1 aromatic heterocycles. The minimum atomic E-state index is -4.54. The molecule has 0 aliphatic carbocycles. The van der Waals surface area contributed by atoms with Crippen molar-refractivity contribution in [2.24, 2.45) is 0 Å². The Kier molecular flexibility index (Phi) is 3.94. The zero-order valence-electron chi connectivity index (χ0n) is 9.67. The van der Waals surface area contributed by atoms with Crippen molar-refractivity contribution in [1.29, 1.82) is 0 Å². The van der Waals surface area contributed by atoms with Crippen molar-refractivity contribution in [2.45, 2.75) is 38.1 Å². The van der Waals surface area contributed by atoms with E-state index in [1.165, 1.54) is 0 Å². The number of pyridine rings is 1. The van der Waals surface area contributed by atoms with Gasteiger partial charge in [-0.25, -0.2) is 0 Å². The van der Waals surface area contributed by atoms with Gasteiger partial charge in [0.05, 0.1) is 0 Å². The summed E-state index contributed by atoms with van der Waals surface area (Å²) in [6.07, 6.45) is 0.786. The molecule has 0 saturated carbocycles. The summed E-state index contributed by atoms with van der Waals surface area (Å²) < 4.78 is 32.4. The van der Waals surface area contributed by atoms with Gasteiger partial charge >= 0.3 is 0 Å². The highest BCUT2D eigenvalue weighted by Crippen LogP contribution is 2.25. The molecular weight excluding hydrogens is 246 g/mol. The molecule has 0 aliphatic rings. The number of aromatic nitrogens is 1. The van der Waals surface area contributed by atoms with Crippen LogP contribution in [0.5, 0.6) is 5.88 Å². The van der Waals surface area contributed by atoms with Crippen LogP contribution in [-0.4, -0.2) is 22.6 Å². The van der Waals surface area contributed by atoms with Crippen molar-refractivity contribution in [3.05, 3.63) is 22.0 Å². The van der Waals surface area contributed by atoms with Crippen molar-refractivity contribution >= 4 is 10.1 Å². The fraction of sp³-hybridized carbons (Fsp3) is 0.500. The summed E-state index contributed by atoms with van der Waals surface area (Å²) in [6.45, 7) is 3.61. The van der Waals surface area contributed by atoms with Gasteiger partial charge in [0.1, 0.15) is 0 Å². The summed E-state index contributed by atoms with van der Waals surface area (Å²) in [5.41, 5.74) is -0.365. The van der Waals surface area contributed by atoms with Crippen LogP contribution in [0.3, 0.4) is 0 Å². The zero-order chi connectivity index (χ0) is 13.2. The summed E-state index contributed by atoms with van der Waals surface area (Å²) in [7, 11) is -4.54. The SMILES string of the molecule is CCCn1c(O)c(S(=O)(=O)O)c(CC)cc1=O. The number of rotatable bonds is 4. The molecule has 1 heterocycles. The van der Waals surface area contributed by atoms with Crippen LogP contribution >= 0.6 is 0 Å².